The lowest BCUT2D eigenvalue weighted by Gasteiger charge is -2.32. The number of amides is 2. The summed E-state index contributed by atoms with van der Waals surface area (Å²) in [6.45, 7) is 4.38. The Morgan fingerprint density at radius 2 is 1.65 bits per heavy atom. The van der Waals surface area contributed by atoms with E-state index in [2.05, 4.69) is 5.32 Å². The van der Waals surface area contributed by atoms with E-state index in [-0.39, 0.29) is 28.3 Å². The fourth-order valence-electron chi connectivity index (χ4n) is 3.15. The number of anilines is 1. The molecule has 0 saturated carbocycles. The second-order valence-electron chi connectivity index (χ2n) is 7.94. The molecule has 0 aliphatic carbocycles. The van der Waals surface area contributed by atoms with Gasteiger partial charge in [0.05, 0.1) is 11.9 Å². The fourth-order valence-corrected chi connectivity index (χ4v) is 4.52. The third-order valence-electron chi connectivity index (χ3n) is 5.36. The van der Waals surface area contributed by atoms with Crippen molar-refractivity contribution in [2.75, 3.05) is 17.1 Å². The summed E-state index contributed by atoms with van der Waals surface area (Å²) in [4.78, 5) is 27.5. The summed E-state index contributed by atoms with van der Waals surface area (Å²) in [5.41, 5.74) is 0.130. The van der Waals surface area contributed by atoms with Gasteiger partial charge < -0.3 is 10.2 Å². The van der Waals surface area contributed by atoms with Gasteiger partial charge in [-0.1, -0.05) is 48.3 Å². The Hall–Kier alpha value is -2.36. The summed E-state index contributed by atoms with van der Waals surface area (Å²) in [6, 6.07) is 8.94. The molecule has 11 heteroatoms. The molecule has 0 aliphatic rings. The third-order valence-corrected chi connectivity index (χ3v) is 7.19. The Bertz CT molecular complexity index is 1130. The zero-order valence-electron chi connectivity index (χ0n) is 19.4. The minimum absolute atomic E-state index is 0.137. The molecule has 0 aromatic heterocycles. The molecule has 0 spiro atoms. The van der Waals surface area contributed by atoms with E-state index in [4.69, 9.17) is 23.2 Å². The summed E-state index contributed by atoms with van der Waals surface area (Å²) < 4.78 is 40.0. The normalized spacial score (nSPS) is 13.1. The number of rotatable bonds is 10. The van der Waals surface area contributed by atoms with Crippen LogP contribution in [0.1, 0.15) is 32.8 Å². The summed E-state index contributed by atoms with van der Waals surface area (Å²) in [7, 11) is -4.03. The molecule has 0 aliphatic heterocycles. The minimum Gasteiger partial charge on any atom is -0.352 e. The van der Waals surface area contributed by atoms with E-state index in [1.807, 2.05) is 13.8 Å². The average molecular weight is 532 g/mol. The van der Waals surface area contributed by atoms with Crippen molar-refractivity contribution >= 4 is 50.7 Å². The van der Waals surface area contributed by atoms with E-state index in [0.29, 0.717) is 16.3 Å². The maximum Gasteiger partial charge on any atom is 0.244 e. The summed E-state index contributed by atoms with van der Waals surface area (Å²) in [5, 5.41) is 3.39. The summed E-state index contributed by atoms with van der Waals surface area (Å²) in [5.74, 6) is -1.96. The van der Waals surface area contributed by atoms with Crippen molar-refractivity contribution in [2.24, 2.45) is 0 Å². The number of benzene rings is 2. The number of para-hydroxylation sites is 1. The van der Waals surface area contributed by atoms with Gasteiger partial charge in [-0.15, -0.1) is 0 Å². The number of hydrogen-bond donors (Lipinski definition) is 1. The SMILES string of the molecule is CC[C@H](C)NC(=O)[C@@H](C)N(Cc1c(Cl)cccc1Cl)C(=O)CN(c1ccccc1F)S(C)(=O)=O. The maximum absolute atomic E-state index is 14.4. The fraction of sp³-hybridized carbons (Fsp3) is 0.391. The molecule has 1 N–H and O–H groups in total. The molecule has 0 radical (unpaired) electrons. The topological polar surface area (TPSA) is 86.8 Å². The smallest absolute Gasteiger partial charge is 0.244 e. The van der Waals surface area contributed by atoms with E-state index in [1.54, 1.807) is 18.2 Å². The standard InChI is InChI=1S/C23H28Cl2FN3O4S/c1-5-15(2)27-23(31)16(3)28(13-17-18(24)9-8-10-19(17)25)22(30)14-29(34(4,32)33)21-12-7-6-11-20(21)26/h6-12,15-16H,5,13-14H2,1-4H3,(H,27,31)/t15-,16+/m0/s1. The van der Waals surface area contributed by atoms with Crippen LogP contribution >= 0.6 is 23.2 Å². The van der Waals surface area contributed by atoms with Crippen molar-refractivity contribution in [3.05, 3.63) is 63.9 Å². The maximum atomic E-state index is 14.4. The van der Waals surface area contributed by atoms with Gasteiger partial charge in [0.25, 0.3) is 0 Å². The molecule has 0 unspecified atom stereocenters. The van der Waals surface area contributed by atoms with Gasteiger partial charge in [0.15, 0.2) is 0 Å². The molecule has 2 aromatic rings. The van der Waals surface area contributed by atoms with E-state index in [9.17, 15) is 22.4 Å². The van der Waals surface area contributed by atoms with E-state index < -0.39 is 40.2 Å². The largest absolute Gasteiger partial charge is 0.352 e. The molecule has 2 rings (SSSR count). The summed E-state index contributed by atoms with van der Waals surface area (Å²) in [6.07, 6.45) is 1.55. The van der Waals surface area contributed by atoms with Crippen molar-refractivity contribution in [3.8, 4) is 0 Å². The molecule has 2 atom stereocenters. The molecule has 0 bridgehead atoms. The Balaban J connectivity index is 2.46. The number of carbonyl (C=O) groups excluding carboxylic acids is 2. The minimum atomic E-state index is -4.03. The quantitative estimate of drug-likeness (QED) is 0.496. The zero-order valence-corrected chi connectivity index (χ0v) is 21.7. The van der Waals surface area contributed by atoms with Gasteiger partial charge >= 0.3 is 0 Å². The number of nitrogens with zero attached hydrogens (tertiary/aromatic N) is 2. The predicted octanol–water partition coefficient (Wildman–Crippen LogP) is 4.23. The van der Waals surface area contributed by atoms with Crippen LogP contribution in [0, 0.1) is 5.82 Å². The van der Waals surface area contributed by atoms with Crippen molar-refractivity contribution in [1.82, 2.24) is 10.2 Å². The molecule has 0 saturated heterocycles. The second-order valence-corrected chi connectivity index (χ2v) is 10.7. The number of sulfonamides is 1. The Kier molecular flexibility index (Phi) is 9.73. The van der Waals surface area contributed by atoms with Gasteiger partial charge in [-0.25, -0.2) is 12.8 Å². The van der Waals surface area contributed by atoms with Crippen molar-refractivity contribution in [2.45, 2.75) is 45.8 Å². The predicted molar refractivity (Wildman–Crippen MR) is 133 cm³/mol. The number of nitrogens with one attached hydrogen (secondary N) is 1. The first-order chi connectivity index (χ1) is 15.9. The first-order valence-corrected chi connectivity index (χ1v) is 13.2. The zero-order chi connectivity index (χ0) is 25.6. The first kappa shape index (κ1) is 27.9. The van der Waals surface area contributed by atoms with Crippen LogP contribution in [-0.4, -0.2) is 50.0 Å². The highest BCUT2D eigenvalue weighted by molar-refractivity contribution is 7.92. The molecule has 34 heavy (non-hydrogen) atoms. The second kappa shape index (κ2) is 11.9. The number of hydrogen-bond acceptors (Lipinski definition) is 4. The van der Waals surface area contributed by atoms with Crippen LogP contribution in [0.2, 0.25) is 10.0 Å². The Morgan fingerprint density at radius 1 is 1.06 bits per heavy atom. The number of halogens is 3. The Morgan fingerprint density at radius 3 is 2.18 bits per heavy atom. The number of carbonyl (C=O) groups is 2. The molecule has 7 nitrogen and oxygen atoms in total. The highest BCUT2D eigenvalue weighted by Crippen LogP contribution is 2.27. The van der Waals surface area contributed by atoms with Crippen LogP contribution < -0.4 is 9.62 Å². The van der Waals surface area contributed by atoms with Crippen molar-refractivity contribution in [3.63, 3.8) is 0 Å². The van der Waals surface area contributed by atoms with Gasteiger partial charge in [-0.3, -0.25) is 13.9 Å². The van der Waals surface area contributed by atoms with Crippen LogP contribution in [0.25, 0.3) is 0 Å². The molecule has 2 aromatic carbocycles. The van der Waals surface area contributed by atoms with E-state index >= 15 is 0 Å². The van der Waals surface area contributed by atoms with Gasteiger partial charge in [0.1, 0.15) is 18.4 Å². The van der Waals surface area contributed by atoms with Crippen LogP contribution in [0.15, 0.2) is 42.5 Å². The van der Waals surface area contributed by atoms with Crippen LogP contribution in [0.4, 0.5) is 10.1 Å². The van der Waals surface area contributed by atoms with Crippen molar-refractivity contribution < 1.29 is 22.4 Å². The van der Waals surface area contributed by atoms with Gasteiger partial charge in [-0.2, -0.15) is 0 Å². The lowest BCUT2D eigenvalue weighted by Crippen LogP contribution is -2.52. The van der Waals surface area contributed by atoms with Gasteiger partial charge in [-0.05, 0) is 44.5 Å². The van der Waals surface area contributed by atoms with E-state index in [0.717, 1.165) is 12.3 Å². The molecule has 186 valence electrons. The lowest BCUT2D eigenvalue weighted by molar-refractivity contribution is -0.139. The average Bonchev–Trinajstić information content (AvgIpc) is 2.76. The molecular weight excluding hydrogens is 504 g/mol. The van der Waals surface area contributed by atoms with Gasteiger partial charge in [0, 0.05) is 28.2 Å². The van der Waals surface area contributed by atoms with Crippen LogP contribution in [0.3, 0.4) is 0 Å². The monoisotopic (exact) mass is 531 g/mol. The van der Waals surface area contributed by atoms with Gasteiger partial charge in [0.2, 0.25) is 21.8 Å². The first-order valence-electron chi connectivity index (χ1n) is 10.6. The lowest BCUT2D eigenvalue weighted by atomic mass is 10.1. The molecule has 0 heterocycles. The molecule has 0 fully saturated rings. The highest BCUT2D eigenvalue weighted by Gasteiger charge is 2.32. The van der Waals surface area contributed by atoms with Crippen LogP contribution in [0.5, 0.6) is 0 Å². The third kappa shape index (κ3) is 7.07. The molecular formula is C23H28Cl2FN3O4S. The summed E-state index contributed by atoms with van der Waals surface area (Å²) >= 11 is 12.6. The van der Waals surface area contributed by atoms with Crippen molar-refractivity contribution in [1.29, 1.82) is 0 Å². The van der Waals surface area contributed by atoms with E-state index in [1.165, 1.54) is 30.0 Å². The van der Waals surface area contributed by atoms with Crippen LogP contribution in [-0.2, 0) is 26.2 Å². The molecule has 2 amide bonds. The highest BCUT2D eigenvalue weighted by atomic mass is 35.5. The Labute approximate surface area is 209 Å².